The Morgan fingerprint density at radius 3 is 0.659 bits per heavy atom. The number of para-hydroxylation sites is 4. The third-order valence-electron chi connectivity index (χ3n) is 8.96. The fraction of sp³-hybridized carbons (Fsp3) is 0. The van der Waals surface area contributed by atoms with Crippen LogP contribution in [0, 0.1) is 0 Å². The Bertz CT molecular complexity index is 1900. The van der Waals surface area contributed by atoms with Gasteiger partial charge in [0.25, 0.3) is 0 Å². The highest BCUT2D eigenvalue weighted by atomic mass is 15.2. The van der Waals surface area contributed by atoms with E-state index in [4.69, 9.17) is 0 Å². The van der Waals surface area contributed by atoms with Crippen LogP contribution in [0.1, 0.15) is 0 Å². The van der Waals surface area contributed by atoms with Gasteiger partial charge in [-0.25, -0.2) is 0 Å². The second kappa shape index (κ2) is 9.86. The molecule has 2 aliphatic rings. The minimum Gasteiger partial charge on any atom is -0.309 e. The summed E-state index contributed by atoms with van der Waals surface area (Å²) >= 11 is 0. The molecule has 0 spiro atoms. The minimum absolute atomic E-state index is 1.13. The highest BCUT2D eigenvalue weighted by molar-refractivity contribution is 6.04. The Kier molecular flexibility index (Phi) is 5.54. The Labute approximate surface area is 257 Å². The van der Waals surface area contributed by atoms with E-state index in [2.05, 4.69) is 180 Å². The van der Waals surface area contributed by atoms with Crippen molar-refractivity contribution >= 4 is 34.1 Å². The van der Waals surface area contributed by atoms with Gasteiger partial charge in [-0.15, -0.1) is 0 Å². The van der Waals surface area contributed by atoms with Gasteiger partial charge in [-0.2, -0.15) is 0 Å². The third-order valence-corrected chi connectivity index (χ3v) is 8.96. The summed E-state index contributed by atoms with van der Waals surface area (Å²) in [5.41, 5.74) is 16.9. The van der Waals surface area contributed by atoms with Crippen molar-refractivity contribution < 1.29 is 0 Å². The van der Waals surface area contributed by atoms with Crippen LogP contribution in [0.3, 0.4) is 0 Å². The van der Waals surface area contributed by atoms with Crippen molar-refractivity contribution in [2.24, 2.45) is 0 Å². The number of hydrogen-bond acceptors (Lipinski definition) is 2. The predicted molar refractivity (Wildman–Crippen MR) is 185 cm³/mol. The molecule has 0 bridgehead atoms. The first kappa shape index (κ1) is 24.7. The Hall–Kier alpha value is -5.86. The quantitative estimate of drug-likeness (QED) is 0.207. The molecule has 0 aromatic heterocycles. The third kappa shape index (κ3) is 3.68. The van der Waals surface area contributed by atoms with Crippen LogP contribution in [-0.4, -0.2) is 0 Å². The maximum Gasteiger partial charge on any atom is 0.0540 e. The summed E-state index contributed by atoms with van der Waals surface area (Å²) in [6, 6.07) is 61.6. The topological polar surface area (TPSA) is 6.48 Å². The van der Waals surface area contributed by atoms with Crippen molar-refractivity contribution in [3.63, 3.8) is 0 Å². The molecule has 0 aliphatic carbocycles. The van der Waals surface area contributed by atoms with Crippen LogP contribution < -0.4 is 9.80 Å². The van der Waals surface area contributed by atoms with Gasteiger partial charge in [-0.1, -0.05) is 121 Å². The van der Waals surface area contributed by atoms with Crippen molar-refractivity contribution in [1.29, 1.82) is 0 Å². The molecule has 2 aliphatic heterocycles. The number of hydrogen-bond donors (Lipinski definition) is 0. The van der Waals surface area contributed by atoms with Gasteiger partial charge < -0.3 is 9.80 Å². The molecule has 7 aromatic rings. The normalized spacial score (nSPS) is 12.5. The Morgan fingerprint density at radius 2 is 0.409 bits per heavy atom. The summed E-state index contributed by atoms with van der Waals surface area (Å²) < 4.78 is 0. The van der Waals surface area contributed by atoms with Gasteiger partial charge in [0, 0.05) is 33.6 Å². The molecule has 2 nitrogen and oxygen atoms in total. The van der Waals surface area contributed by atoms with Gasteiger partial charge in [0.05, 0.1) is 22.7 Å². The SMILES string of the molecule is c1ccc2c(c1)-c1ccccc1N(c1ccc(N3c4ccccc4-c4ccccc4-c4ccccc43)cc1)c1ccccc1-2. The zero-order valence-electron chi connectivity index (χ0n) is 24.1. The highest BCUT2D eigenvalue weighted by Crippen LogP contribution is 2.53. The maximum absolute atomic E-state index is 2.41. The van der Waals surface area contributed by atoms with Crippen LogP contribution in [0.2, 0.25) is 0 Å². The lowest BCUT2D eigenvalue weighted by atomic mass is 9.95. The molecule has 0 fully saturated rings. The predicted octanol–water partition coefficient (Wildman–Crippen LogP) is 11.9. The van der Waals surface area contributed by atoms with E-state index in [-0.39, 0.29) is 0 Å². The molecule has 2 heterocycles. The molecule has 0 unspecified atom stereocenters. The van der Waals surface area contributed by atoms with E-state index < -0.39 is 0 Å². The summed E-state index contributed by atoms with van der Waals surface area (Å²) in [6.45, 7) is 0. The lowest BCUT2D eigenvalue weighted by Crippen LogP contribution is -2.13. The Balaban J connectivity index is 1.23. The van der Waals surface area contributed by atoms with Gasteiger partial charge in [0.15, 0.2) is 0 Å². The number of benzene rings is 7. The second-order valence-corrected chi connectivity index (χ2v) is 11.3. The first-order chi connectivity index (χ1) is 21.9. The second-order valence-electron chi connectivity index (χ2n) is 11.3. The lowest BCUT2D eigenvalue weighted by Gasteiger charge is -2.30. The fourth-order valence-electron chi connectivity index (χ4n) is 7.06. The molecule has 0 radical (unpaired) electrons. The molecule has 0 atom stereocenters. The van der Waals surface area contributed by atoms with E-state index in [1.54, 1.807) is 0 Å². The molecule has 0 saturated carbocycles. The number of rotatable bonds is 2. The molecular formula is C42H28N2. The standard InChI is InChI=1S/C42H28N2/c1-2-14-32-31(13-1)35-17-5-9-21-39(35)43(40-22-10-6-18-36(32)40)29-25-27-30(28-26-29)44-41-23-11-7-19-37(41)33-15-3-4-16-34(33)38-20-8-12-24-42(38)44/h1-28H. The zero-order chi connectivity index (χ0) is 29.0. The first-order valence-electron chi connectivity index (χ1n) is 15.1. The average Bonchev–Trinajstić information content (AvgIpc) is 3.30. The summed E-state index contributed by atoms with van der Waals surface area (Å²) in [4.78, 5) is 4.82. The molecule has 7 aromatic carbocycles. The van der Waals surface area contributed by atoms with Crippen molar-refractivity contribution in [2.75, 3.05) is 9.80 Å². The monoisotopic (exact) mass is 560 g/mol. The highest BCUT2D eigenvalue weighted by Gasteiger charge is 2.28. The van der Waals surface area contributed by atoms with E-state index in [1.807, 2.05) is 0 Å². The lowest BCUT2D eigenvalue weighted by molar-refractivity contribution is 1.27. The van der Waals surface area contributed by atoms with Gasteiger partial charge in [0.1, 0.15) is 0 Å². The van der Waals surface area contributed by atoms with Crippen molar-refractivity contribution in [3.05, 3.63) is 170 Å². The summed E-state index contributed by atoms with van der Waals surface area (Å²) in [5, 5.41) is 0. The van der Waals surface area contributed by atoms with Crippen LogP contribution in [0.25, 0.3) is 44.5 Å². The van der Waals surface area contributed by atoms with Crippen LogP contribution in [-0.2, 0) is 0 Å². The minimum atomic E-state index is 1.13. The molecule has 206 valence electrons. The van der Waals surface area contributed by atoms with E-state index in [0.29, 0.717) is 0 Å². The average molecular weight is 561 g/mol. The van der Waals surface area contributed by atoms with Crippen LogP contribution in [0.15, 0.2) is 170 Å². The van der Waals surface area contributed by atoms with Crippen LogP contribution in [0.4, 0.5) is 34.1 Å². The summed E-state index contributed by atoms with van der Waals surface area (Å²) in [6.07, 6.45) is 0. The summed E-state index contributed by atoms with van der Waals surface area (Å²) in [7, 11) is 0. The molecule has 2 heteroatoms. The van der Waals surface area contributed by atoms with Gasteiger partial charge in [-0.3, -0.25) is 0 Å². The van der Waals surface area contributed by atoms with E-state index >= 15 is 0 Å². The molecule has 0 amide bonds. The molecular weight excluding hydrogens is 532 g/mol. The van der Waals surface area contributed by atoms with Crippen molar-refractivity contribution in [1.82, 2.24) is 0 Å². The molecule has 9 rings (SSSR count). The van der Waals surface area contributed by atoms with E-state index in [0.717, 1.165) is 11.4 Å². The van der Waals surface area contributed by atoms with E-state index in [9.17, 15) is 0 Å². The fourth-order valence-corrected chi connectivity index (χ4v) is 7.06. The van der Waals surface area contributed by atoms with Gasteiger partial charge >= 0.3 is 0 Å². The Morgan fingerprint density at radius 1 is 0.205 bits per heavy atom. The zero-order valence-corrected chi connectivity index (χ0v) is 24.1. The van der Waals surface area contributed by atoms with Crippen molar-refractivity contribution in [3.8, 4) is 44.5 Å². The van der Waals surface area contributed by atoms with Crippen LogP contribution in [0.5, 0.6) is 0 Å². The molecule has 44 heavy (non-hydrogen) atoms. The van der Waals surface area contributed by atoms with Crippen LogP contribution >= 0.6 is 0 Å². The summed E-state index contributed by atoms with van der Waals surface area (Å²) in [5.74, 6) is 0. The maximum atomic E-state index is 2.41. The smallest absolute Gasteiger partial charge is 0.0540 e. The number of nitrogens with zero attached hydrogens (tertiary/aromatic N) is 2. The largest absolute Gasteiger partial charge is 0.309 e. The molecule has 0 N–H and O–H groups in total. The number of anilines is 6. The van der Waals surface area contributed by atoms with Gasteiger partial charge in [0.2, 0.25) is 0 Å². The number of fused-ring (bicyclic) bond motifs is 10. The van der Waals surface area contributed by atoms with Gasteiger partial charge in [-0.05, 0) is 70.8 Å². The first-order valence-corrected chi connectivity index (χ1v) is 15.1. The van der Waals surface area contributed by atoms with E-state index in [1.165, 1.54) is 67.3 Å². The molecule has 0 saturated heterocycles. The van der Waals surface area contributed by atoms with Crippen molar-refractivity contribution in [2.45, 2.75) is 0 Å².